The van der Waals surface area contributed by atoms with E-state index in [2.05, 4.69) is 20.6 Å². The minimum Gasteiger partial charge on any atom is -0.324 e. The molecule has 0 radical (unpaired) electrons. The summed E-state index contributed by atoms with van der Waals surface area (Å²) in [4.78, 5) is 21.2. The molecule has 5 nitrogen and oxygen atoms in total. The quantitative estimate of drug-likeness (QED) is 0.429. The first-order valence-corrected chi connectivity index (χ1v) is 9.81. The second-order valence-electron chi connectivity index (χ2n) is 7.26. The Morgan fingerprint density at radius 2 is 1.58 bits per heavy atom. The summed E-state index contributed by atoms with van der Waals surface area (Å²) in [6.45, 7) is 4.04. The standard InChI is InChI=1S/C25H21FN4O/c1-16-9-10-23(11-17(16)2)29-24(31)19-6-4-8-22(13-19)30-25-27-14-20(15-28-25)18-5-3-7-21(26)12-18/h3-15H,1-2H3,(H,29,31)(H,27,28,30). The topological polar surface area (TPSA) is 66.9 Å². The molecule has 0 saturated heterocycles. The van der Waals surface area contributed by atoms with Crippen LogP contribution in [0.2, 0.25) is 0 Å². The van der Waals surface area contributed by atoms with E-state index in [9.17, 15) is 9.18 Å². The molecule has 2 N–H and O–H groups in total. The number of nitrogens with zero attached hydrogens (tertiary/aromatic N) is 2. The van der Waals surface area contributed by atoms with Crippen LogP contribution in [-0.4, -0.2) is 15.9 Å². The zero-order chi connectivity index (χ0) is 21.8. The molecule has 0 aliphatic heterocycles. The summed E-state index contributed by atoms with van der Waals surface area (Å²) in [5.74, 6) is -0.128. The van der Waals surface area contributed by atoms with Gasteiger partial charge in [-0.3, -0.25) is 4.79 Å². The highest BCUT2D eigenvalue weighted by molar-refractivity contribution is 6.04. The van der Waals surface area contributed by atoms with E-state index in [1.54, 1.807) is 42.7 Å². The Morgan fingerprint density at radius 3 is 2.32 bits per heavy atom. The van der Waals surface area contributed by atoms with Crippen LogP contribution in [0.25, 0.3) is 11.1 Å². The van der Waals surface area contributed by atoms with Crippen molar-refractivity contribution in [1.29, 1.82) is 0 Å². The van der Waals surface area contributed by atoms with Crippen molar-refractivity contribution in [2.45, 2.75) is 13.8 Å². The molecule has 1 aromatic heterocycles. The number of hydrogen-bond acceptors (Lipinski definition) is 4. The molecule has 0 atom stereocenters. The highest BCUT2D eigenvalue weighted by atomic mass is 19.1. The predicted molar refractivity (Wildman–Crippen MR) is 121 cm³/mol. The van der Waals surface area contributed by atoms with Crippen molar-refractivity contribution in [1.82, 2.24) is 9.97 Å². The smallest absolute Gasteiger partial charge is 0.255 e. The molecule has 31 heavy (non-hydrogen) atoms. The van der Waals surface area contributed by atoms with Gasteiger partial charge in [-0.1, -0.05) is 24.3 Å². The number of nitrogens with one attached hydrogen (secondary N) is 2. The fourth-order valence-electron chi connectivity index (χ4n) is 3.10. The van der Waals surface area contributed by atoms with Gasteiger partial charge in [0.1, 0.15) is 5.82 Å². The van der Waals surface area contributed by atoms with Crippen LogP contribution < -0.4 is 10.6 Å². The summed E-state index contributed by atoms with van der Waals surface area (Å²) in [5, 5.41) is 6.01. The van der Waals surface area contributed by atoms with E-state index in [0.29, 0.717) is 28.3 Å². The van der Waals surface area contributed by atoms with Crippen molar-refractivity contribution < 1.29 is 9.18 Å². The number of hydrogen-bond donors (Lipinski definition) is 2. The van der Waals surface area contributed by atoms with Crippen molar-refractivity contribution in [2.24, 2.45) is 0 Å². The number of halogens is 1. The fourth-order valence-corrected chi connectivity index (χ4v) is 3.10. The van der Waals surface area contributed by atoms with Crippen LogP contribution in [0.4, 0.5) is 21.7 Å². The molecule has 1 heterocycles. The van der Waals surface area contributed by atoms with Crippen molar-refractivity contribution >= 4 is 23.2 Å². The van der Waals surface area contributed by atoms with Crippen LogP contribution in [0.15, 0.2) is 79.1 Å². The van der Waals surface area contributed by atoms with Gasteiger partial charge in [-0.25, -0.2) is 14.4 Å². The molecule has 6 heteroatoms. The van der Waals surface area contributed by atoms with E-state index in [1.807, 2.05) is 38.1 Å². The molecule has 154 valence electrons. The van der Waals surface area contributed by atoms with E-state index in [-0.39, 0.29) is 11.7 Å². The molecule has 4 rings (SSSR count). The minimum atomic E-state index is -0.310. The third kappa shape index (κ3) is 4.93. The first kappa shape index (κ1) is 20.2. The lowest BCUT2D eigenvalue weighted by Crippen LogP contribution is -2.12. The number of aryl methyl sites for hydroxylation is 2. The van der Waals surface area contributed by atoms with Crippen LogP contribution in [0.5, 0.6) is 0 Å². The second kappa shape index (κ2) is 8.75. The van der Waals surface area contributed by atoms with E-state index in [1.165, 1.54) is 17.7 Å². The van der Waals surface area contributed by atoms with E-state index in [0.717, 1.165) is 11.3 Å². The maximum atomic E-state index is 13.4. The average molecular weight is 412 g/mol. The summed E-state index contributed by atoms with van der Waals surface area (Å²) in [7, 11) is 0. The van der Waals surface area contributed by atoms with E-state index < -0.39 is 0 Å². The number of amides is 1. The van der Waals surface area contributed by atoms with Crippen LogP contribution in [0.1, 0.15) is 21.5 Å². The lowest BCUT2D eigenvalue weighted by Gasteiger charge is -2.10. The van der Waals surface area contributed by atoms with Crippen molar-refractivity contribution in [2.75, 3.05) is 10.6 Å². The highest BCUT2D eigenvalue weighted by Crippen LogP contribution is 2.21. The van der Waals surface area contributed by atoms with Crippen LogP contribution >= 0.6 is 0 Å². The maximum absolute atomic E-state index is 13.4. The monoisotopic (exact) mass is 412 g/mol. The molecule has 1 amide bonds. The van der Waals surface area contributed by atoms with Gasteiger partial charge in [0.25, 0.3) is 5.91 Å². The highest BCUT2D eigenvalue weighted by Gasteiger charge is 2.09. The summed E-state index contributed by atoms with van der Waals surface area (Å²) in [6.07, 6.45) is 3.25. The first-order valence-electron chi connectivity index (χ1n) is 9.81. The van der Waals surface area contributed by atoms with Crippen LogP contribution in [-0.2, 0) is 0 Å². The molecular formula is C25H21FN4O. The molecule has 0 aliphatic carbocycles. The Bertz CT molecular complexity index is 1240. The van der Waals surface area contributed by atoms with E-state index >= 15 is 0 Å². The summed E-state index contributed by atoms with van der Waals surface area (Å²) in [5.41, 5.74) is 5.66. The second-order valence-corrected chi connectivity index (χ2v) is 7.26. The normalized spacial score (nSPS) is 10.5. The average Bonchev–Trinajstić information content (AvgIpc) is 2.77. The number of anilines is 3. The molecule has 0 spiro atoms. The Hall–Kier alpha value is -4.06. The molecule has 0 unspecified atom stereocenters. The van der Waals surface area contributed by atoms with Gasteiger partial charge in [-0.2, -0.15) is 0 Å². The van der Waals surface area contributed by atoms with Crippen LogP contribution in [0.3, 0.4) is 0 Å². The number of carbonyl (C=O) groups is 1. The molecule has 0 saturated carbocycles. The third-order valence-corrected chi connectivity index (χ3v) is 4.96. The molecule has 3 aromatic carbocycles. The lowest BCUT2D eigenvalue weighted by molar-refractivity contribution is 0.102. The largest absolute Gasteiger partial charge is 0.324 e. The van der Waals surface area contributed by atoms with Crippen molar-refractivity contribution in [3.8, 4) is 11.1 Å². The van der Waals surface area contributed by atoms with E-state index in [4.69, 9.17) is 0 Å². The lowest BCUT2D eigenvalue weighted by atomic mass is 10.1. The Kier molecular flexibility index (Phi) is 5.71. The van der Waals surface area contributed by atoms with Gasteiger partial charge in [0.15, 0.2) is 0 Å². The summed E-state index contributed by atoms with van der Waals surface area (Å²) >= 11 is 0. The van der Waals surface area contributed by atoms with Gasteiger partial charge in [-0.15, -0.1) is 0 Å². The van der Waals surface area contributed by atoms with Gasteiger partial charge < -0.3 is 10.6 Å². The Morgan fingerprint density at radius 1 is 0.806 bits per heavy atom. The molecular weight excluding hydrogens is 391 g/mol. The Labute approximate surface area is 180 Å². The summed E-state index contributed by atoms with van der Waals surface area (Å²) in [6, 6.07) is 19.2. The minimum absolute atomic E-state index is 0.200. The van der Waals surface area contributed by atoms with Crippen molar-refractivity contribution in [3.05, 3.63) is 102 Å². The zero-order valence-electron chi connectivity index (χ0n) is 17.2. The van der Waals surface area contributed by atoms with Gasteiger partial charge in [-0.05, 0) is 73.0 Å². The van der Waals surface area contributed by atoms with Gasteiger partial charge in [0, 0.05) is 34.9 Å². The van der Waals surface area contributed by atoms with Gasteiger partial charge in [0.2, 0.25) is 5.95 Å². The van der Waals surface area contributed by atoms with Gasteiger partial charge >= 0.3 is 0 Å². The molecule has 0 fully saturated rings. The number of benzene rings is 3. The fraction of sp³-hybridized carbons (Fsp3) is 0.0800. The third-order valence-electron chi connectivity index (χ3n) is 4.96. The van der Waals surface area contributed by atoms with Crippen molar-refractivity contribution in [3.63, 3.8) is 0 Å². The maximum Gasteiger partial charge on any atom is 0.255 e. The molecule has 0 bridgehead atoms. The summed E-state index contributed by atoms with van der Waals surface area (Å²) < 4.78 is 13.4. The first-order chi connectivity index (χ1) is 15.0. The number of aromatic nitrogens is 2. The Balaban J connectivity index is 1.46. The molecule has 0 aliphatic rings. The molecule has 4 aromatic rings. The number of carbonyl (C=O) groups excluding carboxylic acids is 1. The zero-order valence-corrected chi connectivity index (χ0v) is 17.2. The van der Waals surface area contributed by atoms with Crippen LogP contribution in [0, 0.1) is 19.7 Å². The number of rotatable bonds is 5. The van der Waals surface area contributed by atoms with Gasteiger partial charge in [0.05, 0.1) is 0 Å². The SMILES string of the molecule is Cc1ccc(NC(=O)c2cccc(Nc3ncc(-c4cccc(F)c4)cn3)c2)cc1C. The predicted octanol–water partition coefficient (Wildman–Crippen LogP) is 5.90.